The molecule has 1 aliphatic carbocycles. The largest absolute Gasteiger partial charge is 0.338 e. The predicted octanol–water partition coefficient (Wildman–Crippen LogP) is 3.54. The van der Waals surface area contributed by atoms with Gasteiger partial charge in [0.2, 0.25) is 5.91 Å². The van der Waals surface area contributed by atoms with Gasteiger partial charge in [0.05, 0.1) is 0 Å². The van der Waals surface area contributed by atoms with E-state index < -0.39 is 0 Å². The molecule has 0 aromatic heterocycles. The SMILES string of the molecule is CC(C)CCNC(=O)Nc1ccc2c(c1)N(C(=O)C1CC1)CCC2. The van der Waals surface area contributed by atoms with E-state index >= 15 is 0 Å². The predicted molar refractivity (Wildman–Crippen MR) is 96.3 cm³/mol. The van der Waals surface area contributed by atoms with Crippen LogP contribution in [0.4, 0.5) is 16.2 Å². The molecule has 0 unspecified atom stereocenters. The summed E-state index contributed by atoms with van der Waals surface area (Å²) < 4.78 is 0. The number of nitrogens with one attached hydrogen (secondary N) is 2. The number of urea groups is 1. The van der Waals surface area contributed by atoms with Crippen LogP contribution in [0.3, 0.4) is 0 Å². The quantitative estimate of drug-likeness (QED) is 0.868. The Kier molecular flexibility index (Phi) is 5.07. The highest BCUT2D eigenvalue weighted by molar-refractivity contribution is 5.98. The molecule has 5 nitrogen and oxygen atoms in total. The Morgan fingerprint density at radius 3 is 2.79 bits per heavy atom. The molecule has 1 fully saturated rings. The minimum atomic E-state index is -0.188. The molecule has 5 heteroatoms. The van der Waals surface area contributed by atoms with Crippen molar-refractivity contribution >= 4 is 23.3 Å². The van der Waals surface area contributed by atoms with Crippen molar-refractivity contribution < 1.29 is 9.59 Å². The second-order valence-electron chi connectivity index (χ2n) is 7.27. The second kappa shape index (κ2) is 7.24. The first-order chi connectivity index (χ1) is 11.5. The number of fused-ring (bicyclic) bond motifs is 1. The molecular weight excluding hydrogens is 302 g/mol. The first-order valence-corrected chi connectivity index (χ1v) is 9.03. The summed E-state index contributed by atoms with van der Waals surface area (Å²) in [5, 5.41) is 5.76. The lowest BCUT2D eigenvalue weighted by Crippen LogP contribution is -2.36. The van der Waals surface area contributed by atoms with Crippen LogP contribution in [0.1, 0.15) is 45.1 Å². The Morgan fingerprint density at radius 2 is 2.08 bits per heavy atom. The molecule has 1 aromatic carbocycles. The fraction of sp³-hybridized carbons (Fsp3) is 0.579. The maximum absolute atomic E-state index is 12.5. The molecule has 24 heavy (non-hydrogen) atoms. The summed E-state index contributed by atoms with van der Waals surface area (Å²) in [6, 6.07) is 5.71. The van der Waals surface area contributed by atoms with Crippen molar-refractivity contribution in [3.8, 4) is 0 Å². The summed E-state index contributed by atoms with van der Waals surface area (Å²) in [5.41, 5.74) is 2.91. The van der Waals surface area contributed by atoms with Crippen LogP contribution in [0.25, 0.3) is 0 Å². The van der Waals surface area contributed by atoms with Gasteiger partial charge in [-0.25, -0.2) is 4.79 Å². The standard InChI is InChI=1S/C19H27N3O2/c1-13(2)9-10-20-19(24)21-16-8-7-14-4-3-11-22(17(14)12-16)18(23)15-5-6-15/h7-8,12-13,15H,3-6,9-11H2,1-2H3,(H2,20,21,24). The van der Waals surface area contributed by atoms with Gasteiger partial charge < -0.3 is 15.5 Å². The average Bonchev–Trinajstić information content (AvgIpc) is 3.38. The smallest absolute Gasteiger partial charge is 0.319 e. The van der Waals surface area contributed by atoms with Crippen LogP contribution in [0.15, 0.2) is 18.2 Å². The summed E-state index contributed by atoms with van der Waals surface area (Å²) in [4.78, 5) is 26.4. The maximum Gasteiger partial charge on any atom is 0.319 e. The van der Waals surface area contributed by atoms with Crippen LogP contribution >= 0.6 is 0 Å². The fourth-order valence-corrected chi connectivity index (χ4v) is 3.08. The molecule has 0 radical (unpaired) electrons. The van der Waals surface area contributed by atoms with Gasteiger partial charge in [-0.2, -0.15) is 0 Å². The van der Waals surface area contributed by atoms with E-state index in [1.165, 1.54) is 5.56 Å². The molecule has 0 spiro atoms. The van der Waals surface area contributed by atoms with Gasteiger partial charge in [-0.05, 0) is 55.7 Å². The highest BCUT2D eigenvalue weighted by Crippen LogP contribution is 2.36. The number of rotatable bonds is 5. The van der Waals surface area contributed by atoms with Crippen LogP contribution in [0.2, 0.25) is 0 Å². The Labute approximate surface area is 143 Å². The van der Waals surface area contributed by atoms with Crippen molar-refractivity contribution in [1.29, 1.82) is 0 Å². The third-order valence-corrected chi connectivity index (χ3v) is 4.66. The van der Waals surface area contributed by atoms with Crippen LogP contribution in [-0.2, 0) is 11.2 Å². The summed E-state index contributed by atoms with van der Waals surface area (Å²) in [7, 11) is 0. The summed E-state index contributed by atoms with van der Waals surface area (Å²) >= 11 is 0. The number of carbonyl (C=O) groups is 2. The van der Waals surface area contributed by atoms with Crippen molar-refractivity contribution in [3.63, 3.8) is 0 Å². The van der Waals surface area contributed by atoms with Gasteiger partial charge in [0.25, 0.3) is 0 Å². The number of carbonyl (C=O) groups excluding carboxylic acids is 2. The molecule has 1 aliphatic heterocycles. The zero-order chi connectivity index (χ0) is 17.1. The summed E-state index contributed by atoms with van der Waals surface area (Å²) in [6.45, 7) is 5.72. The number of nitrogens with zero attached hydrogens (tertiary/aromatic N) is 1. The lowest BCUT2D eigenvalue weighted by molar-refractivity contribution is -0.119. The van der Waals surface area contributed by atoms with E-state index in [0.29, 0.717) is 12.5 Å². The monoisotopic (exact) mass is 329 g/mol. The highest BCUT2D eigenvalue weighted by Gasteiger charge is 2.35. The van der Waals surface area contributed by atoms with Crippen molar-refractivity contribution in [2.75, 3.05) is 23.3 Å². The van der Waals surface area contributed by atoms with Crippen molar-refractivity contribution in [2.45, 2.75) is 46.0 Å². The van der Waals surface area contributed by atoms with Crippen LogP contribution in [-0.4, -0.2) is 25.0 Å². The van der Waals surface area contributed by atoms with Gasteiger partial charge in [0, 0.05) is 30.4 Å². The third-order valence-electron chi connectivity index (χ3n) is 4.66. The van der Waals surface area contributed by atoms with E-state index in [9.17, 15) is 9.59 Å². The molecule has 1 saturated carbocycles. The van der Waals surface area contributed by atoms with Crippen LogP contribution in [0, 0.1) is 11.8 Å². The lowest BCUT2D eigenvalue weighted by atomic mass is 10.0. The molecular formula is C19H27N3O2. The maximum atomic E-state index is 12.5. The number of hydrogen-bond donors (Lipinski definition) is 2. The molecule has 3 amide bonds. The average molecular weight is 329 g/mol. The Balaban J connectivity index is 1.66. The summed E-state index contributed by atoms with van der Waals surface area (Å²) in [6.07, 6.45) is 4.99. The van der Waals surface area contributed by atoms with E-state index in [2.05, 4.69) is 24.5 Å². The van der Waals surface area contributed by atoms with Gasteiger partial charge >= 0.3 is 6.03 Å². The third kappa shape index (κ3) is 4.08. The van der Waals surface area contributed by atoms with Gasteiger partial charge in [-0.3, -0.25) is 4.79 Å². The van der Waals surface area contributed by atoms with E-state index in [0.717, 1.165) is 50.0 Å². The molecule has 2 aliphatic rings. The number of aryl methyl sites for hydroxylation is 1. The van der Waals surface area contributed by atoms with Gasteiger partial charge in [-0.1, -0.05) is 19.9 Å². The van der Waals surface area contributed by atoms with Crippen LogP contribution in [0.5, 0.6) is 0 Å². The van der Waals surface area contributed by atoms with Crippen molar-refractivity contribution in [2.24, 2.45) is 11.8 Å². The highest BCUT2D eigenvalue weighted by atomic mass is 16.2. The van der Waals surface area contributed by atoms with Gasteiger partial charge in [0.1, 0.15) is 0 Å². The number of benzene rings is 1. The molecule has 0 saturated heterocycles. The van der Waals surface area contributed by atoms with E-state index in [4.69, 9.17) is 0 Å². The topological polar surface area (TPSA) is 61.4 Å². The van der Waals surface area contributed by atoms with E-state index in [1.54, 1.807) is 0 Å². The molecule has 1 aromatic rings. The molecule has 3 rings (SSSR count). The molecule has 0 bridgehead atoms. The zero-order valence-corrected chi connectivity index (χ0v) is 14.6. The van der Waals surface area contributed by atoms with Crippen LogP contribution < -0.4 is 15.5 Å². The molecule has 130 valence electrons. The Morgan fingerprint density at radius 1 is 1.29 bits per heavy atom. The first kappa shape index (κ1) is 16.8. The van der Waals surface area contributed by atoms with E-state index in [1.807, 2.05) is 23.1 Å². The number of anilines is 2. The van der Waals surface area contributed by atoms with Gasteiger partial charge in [0.15, 0.2) is 0 Å². The first-order valence-electron chi connectivity index (χ1n) is 9.03. The minimum absolute atomic E-state index is 0.188. The molecule has 2 N–H and O–H groups in total. The number of hydrogen-bond acceptors (Lipinski definition) is 2. The Hall–Kier alpha value is -2.04. The van der Waals surface area contributed by atoms with Gasteiger partial charge in [-0.15, -0.1) is 0 Å². The Bertz CT molecular complexity index is 623. The fourth-order valence-electron chi connectivity index (χ4n) is 3.08. The van der Waals surface area contributed by atoms with Crippen molar-refractivity contribution in [3.05, 3.63) is 23.8 Å². The zero-order valence-electron chi connectivity index (χ0n) is 14.6. The summed E-state index contributed by atoms with van der Waals surface area (Å²) in [5.74, 6) is 1.03. The molecule has 1 heterocycles. The normalized spacial score (nSPS) is 16.7. The molecule has 0 atom stereocenters. The lowest BCUT2D eigenvalue weighted by Gasteiger charge is -2.30. The van der Waals surface area contributed by atoms with E-state index in [-0.39, 0.29) is 17.9 Å². The second-order valence-corrected chi connectivity index (χ2v) is 7.27. The number of amides is 3. The minimum Gasteiger partial charge on any atom is -0.338 e. The van der Waals surface area contributed by atoms with Crippen molar-refractivity contribution in [1.82, 2.24) is 5.32 Å².